The maximum Gasteiger partial charge on any atom is 0.329 e. The van der Waals surface area contributed by atoms with Gasteiger partial charge in [0.25, 0.3) is 5.91 Å². The first-order chi connectivity index (χ1) is 9.14. The number of aromatic nitrogens is 1. The Morgan fingerprint density at radius 3 is 2.21 bits per heavy atom. The molecule has 0 spiro atoms. The van der Waals surface area contributed by atoms with Gasteiger partial charge in [0.1, 0.15) is 5.54 Å². The maximum absolute atomic E-state index is 12.1. The van der Waals surface area contributed by atoms with Crippen molar-refractivity contribution in [3.8, 4) is 0 Å². The van der Waals surface area contributed by atoms with E-state index in [1.54, 1.807) is 12.1 Å². The molecule has 1 fully saturated rings. The van der Waals surface area contributed by atoms with Gasteiger partial charge < -0.3 is 10.4 Å². The van der Waals surface area contributed by atoms with E-state index in [0.29, 0.717) is 18.4 Å². The van der Waals surface area contributed by atoms with Crippen LogP contribution in [0.25, 0.3) is 0 Å². The Labute approximate surface area is 112 Å². The normalized spacial score (nSPS) is 18.3. The van der Waals surface area contributed by atoms with Gasteiger partial charge in [-0.05, 0) is 25.0 Å². The molecule has 1 amide bonds. The monoisotopic (exact) mass is 262 g/mol. The standard InChI is InChI=1S/C14H18N2O3/c17-12(11-5-9-15-10-6-11)16-14(13(18)19)7-3-1-2-4-8-14/h5-6,9-10H,1-4,7-8H2,(H,16,17)(H,18,19). The van der Waals surface area contributed by atoms with E-state index in [4.69, 9.17) is 0 Å². The van der Waals surface area contributed by atoms with Crippen LogP contribution in [0.3, 0.4) is 0 Å². The first-order valence-electron chi connectivity index (χ1n) is 6.60. The zero-order chi connectivity index (χ0) is 13.7. The smallest absolute Gasteiger partial charge is 0.329 e. The summed E-state index contributed by atoms with van der Waals surface area (Å²) in [6.45, 7) is 0. The van der Waals surface area contributed by atoms with Gasteiger partial charge in [-0.1, -0.05) is 25.7 Å². The third-order valence-corrected chi connectivity index (χ3v) is 3.66. The van der Waals surface area contributed by atoms with Gasteiger partial charge in [0.15, 0.2) is 0 Å². The van der Waals surface area contributed by atoms with Crippen molar-refractivity contribution in [1.29, 1.82) is 0 Å². The molecule has 0 unspecified atom stereocenters. The second-order valence-corrected chi connectivity index (χ2v) is 4.99. The highest BCUT2D eigenvalue weighted by molar-refractivity contribution is 5.97. The fraction of sp³-hybridized carbons (Fsp3) is 0.500. The van der Waals surface area contributed by atoms with Crippen molar-refractivity contribution in [2.24, 2.45) is 0 Å². The number of carbonyl (C=O) groups excluding carboxylic acids is 1. The lowest BCUT2D eigenvalue weighted by atomic mass is 9.90. The molecule has 2 N–H and O–H groups in total. The molecule has 1 heterocycles. The van der Waals surface area contributed by atoms with E-state index in [0.717, 1.165) is 25.7 Å². The summed E-state index contributed by atoms with van der Waals surface area (Å²) in [4.78, 5) is 27.5. The number of hydrogen-bond acceptors (Lipinski definition) is 3. The molecule has 1 aromatic heterocycles. The fourth-order valence-corrected chi connectivity index (χ4v) is 2.52. The van der Waals surface area contributed by atoms with Gasteiger partial charge in [0.2, 0.25) is 0 Å². The third kappa shape index (κ3) is 3.10. The van der Waals surface area contributed by atoms with Crippen LogP contribution in [0, 0.1) is 0 Å². The van der Waals surface area contributed by atoms with E-state index in [1.165, 1.54) is 12.4 Å². The molecular weight excluding hydrogens is 244 g/mol. The predicted molar refractivity (Wildman–Crippen MR) is 69.8 cm³/mol. The molecule has 0 aliphatic heterocycles. The topological polar surface area (TPSA) is 79.3 Å². The van der Waals surface area contributed by atoms with Crippen LogP contribution in [0.1, 0.15) is 48.9 Å². The minimum atomic E-state index is -1.11. The summed E-state index contributed by atoms with van der Waals surface area (Å²) in [5, 5.41) is 12.2. The van der Waals surface area contributed by atoms with Crippen LogP contribution in [-0.2, 0) is 4.79 Å². The number of nitrogens with zero attached hydrogens (tertiary/aromatic N) is 1. The Hall–Kier alpha value is -1.91. The molecule has 102 valence electrons. The average Bonchev–Trinajstić information content (AvgIpc) is 2.66. The van der Waals surface area contributed by atoms with Crippen LogP contribution in [0.2, 0.25) is 0 Å². The van der Waals surface area contributed by atoms with Gasteiger partial charge in [-0.2, -0.15) is 0 Å². The molecule has 5 heteroatoms. The van der Waals surface area contributed by atoms with Crippen molar-refractivity contribution in [2.75, 3.05) is 0 Å². The second-order valence-electron chi connectivity index (χ2n) is 4.99. The zero-order valence-electron chi connectivity index (χ0n) is 10.8. The van der Waals surface area contributed by atoms with Gasteiger partial charge in [0.05, 0.1) is 0 Å². The van der Waals surface area contributed by atoms with Crippen molar-refractivity contribution in [3.63, 3.8) is 0 Å². The Kier molecular flexibility index (Phi) is 4.14. The molecule has 1 aliphatic rings. The molecule has 1 aromatic rings. The summed E-state index contributed by atoms with van der Waals surface area (Å²) >= 11 is 0. The van der Waals surface area contributed by atoms with Crippen LogP contribution >= 0.6 is 0 Å². The van der Waals surface area contributed by atoms with Crippen LogP contribution in [-0.4, -0.2) is 27.5 Å². The van der Waals surface area contributed by atoms with Crippen LogP contribution in [0.5, 0.6) is 0 Å². The summed E-state index contributed by atoms with van der Waals surface area (Å²) in [7, 11) is 0. The molecule has 2 rings (SSSR count). The third-order valence-electron chi connectivity index (χ3n) is 3.66. The molecule has 0 saturated heterocycles. The van der Waals surface area contributed by atoms with Gasteiger partial charge >= 0.3 is 5.97 Å². The molecule has 0 radical (unpaired) electrons. The van der Waals surface area contributed by atoms with Crippen molar-refractivity contribution in [1.82, 2.24) is 10.3 Å². The van der Waals surface area contributed by atoms with Gasteiger partial charge in [-0.15, -0.1) is 0 Å². The second kappa shape index (κ2) is 5.82. The molecule has 19 heavy (non-hydrogen) atoms. The lowest BCUT2D eigenvalue weighted by Gasteiger charge is -2.29. The van der Waals surface area contributed by atoms with E-state index in [9.17, 15) is 14.7 Å². The highest BCUT2D eigenvalue weighted by Crippen LogP contribution is 2.27. The van der Waals surface area contributed by atoms with E-state index < -0.39 is 11.5 Å². The number of carbonyl (C=O) groups is 2. The minimum absolute atomic E-state index is 0.341. The molecule has 0 aromatic carbocycles. The number of carboxylic acid groups (broad SMARTS) is 1. The van der Waals surface area contributed by atoms with Crippen molar-refractivity contribution in [3.05, 3.63) is 30.1 Å². The summed E-state index contributed by atoms with van der Waals surface area (Å²) in [6, 6.07) is 3.17. The highest BCUT2D eigenvalue weighted by atomic mass is 16.4. The summed E-state index contributed by atoms with van der Waals surface area (Å²) in [5.74, 6) is -1.27. The summed E-state index contributed by atoms with van der Waals surface area (Å²) < 4.78 is 0. The molecule has 1 aliphatic carbocycles. The van der Waals surface area contributed by atoms with E-state index in [2.05, 4.69) is 10.3 Å². The summed E-state index contributed by atoms with van der Waals surface area (Å²) in [5.41, 5.74) is -0.670. The van der Waals surface area contributed by atoms with Crippen molar-refractivity contribution < 1.29 is 14.7 Å². The number of pyridine rings is 1. The average molecular weight is 262 g/mol. The molecular formula is C14H18N2O3. The first-order valence-corrected chi connectivity index (χ1v) is 6.60. The predicted octanol–water partition coefficient (Wildman–Crippen LogP) is 1.99. The summed E-state index contributed by atoms with van der Waals surface area (Å²) in [6.07, 6.45) is 7.77. The lowest BCUT2D eigenvalue weighted by molar-refractivity contribution is -0.145. The van der Waals surface area contributed by atoms with Gasteiger partial charge in [0, 0.05) is 18.0 Å². The molecule has 5 nitrogen and oxygen atoms in total. The zero-order valence-corrected chi connectivity index (χ0v) is 10.8. The van der Waals surface area contributed by atoms with Gasteiger partial charge in [-0.25, -0.2) is 4.79 Å². The number of nitrogens with one attached hydrogen (secondary N) is 1. The quantitative estimate of drug-likeness (QED) is 0.816. The number of aliphatic carboxylic acids is 1. The maximum atomic E-state index is 12.1. The Morgan fingerprint density at radius 2 is 1.68 bits per heavy atom. The minimum Gasteiger partial charge on any atom is -0.480 e. The Morgan fingerprint density at radius 1 is 1.11 bits per heavy atom. The van der Waals surface area contributed by atoms with Crippen LogP contribution < -0.4 is 5.32 Å². The first kappa shape index (κ1) is 13.5. The number of carboxylic acids is 1. The largest absolute Gasteiger partial charge is 0.480 e. The van der Waals surface area contributed by atoms with E-state index in [1.807, 2.05) is 0 Å². The van der Waals surface area contributed by atoms with E-state index >= 15 is 0 Å². The highest BCUT2D eigenvalue weighted by Gasteiger charge is 2.40. The van der Waals surface area contributed by atoms with Crippen LogP contribution in [0.15, 0.2) is 24.5 Å². The van der Waals surface area contributed by atoms with Crippen molar-refractivity contribution >= 4 is 11.9 Å². The van der Waals surface area contributed by atoms with Crippen molar-refractivity contribution in [2.45, 2.75) is 44.1 Å². The van der Waals surface area contributed by atoms with E-state index in [-0.39, 0.29) is 5.91 Å². The Balaban J connectivity index is 2.17. The molecule has 0 bridgehead atoms. The fourth-order valence-electron chi connectivity index (χ4n) is 2.52. The SMILES string of the molecule is O=C(NC1(C(=O)O)CCCCCC1)c1ccncc1. The molecule has 0 atom stereocenters. The number of amides is 1. The van der Waals surface area contributed by atoms with Crippen LogP contribution in [0.4, 0.5) is 0 Å². The number of rotatable bonds is 3. The number of hydrogen-bond donors (Lipinski definition) is 2. The van der Waals surface area contributed by atoms with Gasteiger partial charge in [-0.3, -0.25) is 9.78 Å². The molecule has 1 saturated carbocycles. The lowest BCUT2D eigenvalue weighted by Crippen LogP contribution is -2.54. The Bertz CT molecular complexity index is 451.